The van der Waals surface area contributed by atoms with Crippen LogP contribution in [0.5, 0.6) is 0 Å². The van der Waals surface area contributed by atoms with Crippen LogP contribution in [0.15, 0.2) is 42.4 Å². The number of aliphatic carboxylic acids is 1. The summed E-state index contributed by atoms with van der Waals surface area (Å²) in [6, 6.07) is 3.71. The third-order valence-electron chi connectivity index (χ3n) is 5.87. The van der Waals surface area contributed by atoms with Crippen molar-refractivity contribution in [1.29, 1.82) is 0 Å². The van der Waals surface area contributed by atoms with Crippen molar-refractivity contribution in [1.82, 2.24) is 20.1 Å². The maximum absolute atomic E-state index is 12.6. The molecule has 0 fully saturated rings. The van der Waals surface area contributed by atoms with E-state index in [9.17, 15) is 30.0 Å². The lowest BCUT2D eigenvalue weighted by Gasteiger charge is -2.40. The largest absolute Gasteiger partial charge is 0.478 e. The topological polar surface area (TPSA) is 170 Å². The molecule has 11 nitrogen and oxygen atoms in total. The number of hydrogen-bond donors (Lipinski definition) is 6. The number of carbonyl (C=O) groups is 2. The fourth-order valence-electron chi connectivity index (χ4n) is 4.08. The van der Waals surface area contributed by atoms with Crippen LogP contribution in [0.25, 0.3) is 21.8 Å². The molecule has 0 bridgehead atoms. The van der Waals surface area contributed by atoms with Gasteiger partial charge < -0.3 is 35.6 Å². The van der Waals surface area contributed by atoms with Gasteiger partial charge in [0.15, 0.2) is 0 Å². The summed E-state index contributed by atoms with van der Waals surface area (Å²) in [6.07, 6.45) is 0.135. The van der Waals surface area contributed by atoms with Gasteiger partial charge in [0, 0.05) is 29.1 Å². The standard InChI is InChI=1S/C22H26N4O7/c1-10(2)21(30)25-18-15(7-17(22(31)32)33-20(18)19(29)16(28)9-27)26-14-4-3-13-11(5-6-23-13)12(14)8-24-26/h3-8,10,15-16,18-20,24,27-29H,9H2,1-2H3,(H,25,30)(H,31,32)/t15-,16+,18+,19+,20+/m0/s1. The minimum absolute atomic E-state index is 0.351. The Hall–Kier alpha value is -3.41. The van der Waals surface area contributed by atoms with Crippen LogP contribution in [0.1, 0.15) is 19.9 Å². The van der Waals surface area contributed by atoms with Crippen molar-refractivity contribution in [3.05, 3.63) is 42.4 Å². The minimum Gasteiger partial charge on any atom is -0.478 e. The van der Waals surface area contributed by atoms with Crippen LogP contribution in [0.2, 0.25) is 0 Å². The molecule has 2 aromatic heterocycles. The molecule has 0 aliphatic carbocycles. The number of amides is 1. The molecule has 3 heterocycles. The molecule has 0 radical (unpaired) electrons. The summed E-state index contributed by atoms with van der Waals surface area (Å²) >= 11 is 0. The van der Waals surface area contributed by atoms with E-state index < -0.39 is 54.6 Å². The van der Waals surface area contributed by atoms with E-state index in [1.165, 1.54) is 6.08 Å². The van der Waals surface area contributed by atoms with E-state index in [1.54, 1.807) is 30.9 Å². The van der Waals surface area contributed by atoms with Gasteiger partial charge >= 0.3 is 5.97 Å². The molecule has 1 amide bonds. The van der Waals surface area contributed by atoms with Crippen molar-refractivity contribution in [3.63, 3.8) is 0 Å². The number of aliphatic hydroxyl groups excluding tert-OH is 3. The summed E-state index contributed by atoms with van der Waals surface area (Å²) in [5.41, 5.74) is 1.51. The smallest absolute Gasteiger partial charge is 0.370 e. The maximum Gasteiger partial charge on any atom is 0.370 e. The quantitative estimate of drug-likeness (QED) is 0.293. The van der Waals surface area contributed by atoms with E-state index in [0.717, 1.165) is 16.3 Å². The fourth-order valence-corrected chi connectivity index (χ4v) is 4.08. The number of hydrogen-bond acceptors (Lipinski definition) is 7. The number of aliphatic hydroxyl groups is 3. The maximum atomic E-state index is 12.6. The molecular formula is C22H26N4O7. The van der Waals surface area contributed by atoms with Crippen molar-refractivity contribution in [2.45, 2.75) is 44.2 Å². The van der Waals surface area contributed by atoms with E-state index in [-0.39, 0.29) is 5.91 Å². The van der Waals surface area contributed by atoms with E-state index in [0.29, 0.717) is 5.52 Å². The van der Waals surface area contributed by atoms with Gasteiger partial charge in [0.1, 0.15) is 18.3 Å². The zero-order valence-electron chi connectivity index (χ0n) is 18.0. The van der Waals surface area contributed by atoms with Gasteiger partial charge in [0.25, 0.3) is 0 Å². The lowest BCUT2D eigenvalue weighted by atomic mass is 9.91. The van der Waals surface area contributed by atoms with Crippen LogP contribution in [0.4, 0.5) is 0 Å². The molecule has 0 saturated carbocycles. The van der Waals surface area contributed by atoms with Crippen molar-refractivity contribution in [3.8, 4) is 0 Å². The molecule has 5 atom stereocenters. The van der Waals surface area contributed by atoms with Gasteiger partial charge in [-0.2, -0.15) is 0 Å². The Balaban J connectivity index is 1.87. The molecule has 33 heavy (non-hydrogen) atoms. The molecule has 11 heteroatoms. The van der Waals surface area contributed by atoms with Crippen LogP contribution in [-0.2, 0) is 14.3 Å². The summed E-state index contributed by atoms with van der Waals surface area (Å²) < 4.78 is 7.18. The number of carbonyl (C=O) groups excluding carboxylic acids is 1. The summed E-state index contributed by atoms with van der Waals surface area (Å²) in [5, 5.41) is 47.4. The third-order valence-corrected chi connectivity index (χ3v) is 5.87. The number of carboxylic acid groups (broad SMARTS) is 1. The number of nitrogens with zero attached hydrogens (tertiary/aromatic N) is 2. The molecule has 3 aromatic rings. The average Bonchev–Trinajstić information content (AvgIpc) is 3.44. The zero-order valence-corrected chi connectivity index (χ0v) is 18.0. The SMILES string of the molecule is CC(C)C(=O)N[C@H]1[C@H]([C@H](O)[C@H](O)CO)OC(C(=O)O)=C[C@@H]1n1[nH]cc2c3ccnc3ccc21. The monoisotopic (exact) mass is 458 g/mol. The van der Waals surface area contributed by atoms with Gasteiger partial charge in [-0.05, 0) is 24.3 Å². The molecule has 6 N–H and O–H groups in total. The lowest BCUT2D eigenvalue weighted by molar-refractivity contribution is -0.147. The van der Waals surface area contributed by atoms with Gasteiger partial charge in [-0.1, -0.05) is 13.8 Å². The second-order valence-corrected chi connectivity index (χ2v) is 8.36. The number of carboxylic acids is 1. The minimum atomic E-state index is -1.68. The average molecular weight is 458 g/mol. The van der Waals surface area contributed by atoms with Crippen LogP contribution in [0, 0.1) is 5.92 Å². The molecule has 176 valence electrons. The number of H-pyrrole nitrogens is 1. The van der Waals surface area contributed by atoms with Crippen LogP contribution < -0.4 is 5.32 Å². The number of fused-ring (bicyclic) bond motifs is 3. The van der Waals surface area contributed by atoms with Gasteiger partial charge in [0.05, 0.1) is 29.7 Å². The Morgan fingerprint density at radius 1 is 1.24 bits per heavy atom. The Morgan fingerprint density at radius 3 is 2.67 bits per heavy atom. The van der Waals surface area contributed by atoms with Crippen LogP contribution in [-0.4, -0.2) is 78.0 Å². The summed E-state index contributed by atoms with van der Waals surface area (Å²) in [5.74, 6) is -2.58. The molecule has 4 rings (SSSR count). The number of nitrogens with one attached hydrogen (secondary N) is 2. The normalized spacial score (nSPS) is 22.7. The Morgan fingerprint density at radius 2 is 2.00 bits per heavy atom. The number of benzene rings is 1. The highest BCUT2D eigenvalue weighted by Gasteiger charge is 2.45. The van der Waals surface area contributed by atoms with E-state index in [4.69, 9.17) is 4.74 Å². The molecular weight excluding hydrogens is 432 g/mol. The van der Waals surface area contributed by atoms with Gasteiger partial charge in [-0.25, -0.2) is 4.79 Å². The number of aromatic amines is 1. The van der Waals surface area contributed by atoms with Crippen LogP contribution in [0.3, 0.4) is 0 Å². The molecule has 0 spiro atoms. The summed E-state index contributed by atoms with van der Waals surface area (Å²) in [7, 11) is 0. The zero-order chi connectivity index (χ0) is 23.9. The summed E-state index contributed by atoms with van der Waals surface area (Å²) in [6.45, 7) is 2.61. The molecule has 0 unspecified atom stereocenters. The van der Waals surface area contributed by atoms with E-state index >= 15 is 0 Å². The highest BCUT2D eigenvalue weighted by molar-refractivity contribution is 6.05. The fraction of sp³-hybridized carbons (Fsp3) is 0.409. The molecule has 1 aromatic carbocycles. The third kappa shape index (κ3) is 4.06. The van der Waals surface area contributed by atoms with Crippen molar-refractivity contribution in [2.24, 2.45) is 5.92 Å². The first-order chi connectivity index (χ1) is 15.7. The lowest BCUT2D eigenvalue weighted by Crippen LogP contribution is -2.59. The predicted molar refractivity (Wildman–Crippen MR) is 117 cm³/mol. The van der Waals surface area contributed by atoms with Crippen LogP contribution >= 0.6 is 0 Å². The van der Waals surface area contributed by atoms with E-state index in [2.05, 4.69) is 15.4 Å². The first-order valence-electron chi connectivity index (χ1n) is 10.5. The molecule has 1 aliphatic heterocycles. The second-order valence-electron chi connectivity index (χ2n) is 8.36. The van der Waals surface area contributed by atoms with E-state index in [1.807, 2.05) is 18.2 Å². The first-order valence-corrected chi connectivity index (χ1v) is 10.5. The number of rotatable bonds is 7. The predicted octanol–water partition coefficient (Wildman–Crippen LogP) is 0.281. The number of aromatic nitrogens is 3. The Labute approximate surface area is 188 Å². The second kappa shape index (κ2) is 8.85. The van der Waals surface area contributed by atoms with Crippen molar-refractivity contribution < 1.29 is 34.8 Å². The van der Waals surface area contributed by atoms with Crippen molar-refractivity contribution >= 4 is 33.7 Å². The van der Waals surface area contributed by atoms with Gasteiger partial charge in [0.2, 0.25) is 11.7 Å². The van der Waals surface area contributed by atoms with Gasteiger partial charge in [-0.15, -0.1) is 0 Å². The summed E-state index contributed by atoms with van der Waals surface area (Å²) in [4.78, 5) is 28.7. The Bertz CT molecular complexity index is 1210. The highest BCUT2D eigenvalue weighted by Crippen LogP contribution is 2.34. The highest BCUT2D eigenvalue weighted by atomic mass is 16.5. The van der Waals surface area contributed by atoms with Crippen molar-refractivity contribution in [2.75, 3.05) is 6.61 Å². The number of ether oxygens (including phenoxy) is 1. The van der Waals surface area contributed by atoms with Gasteiger partial charge in [-0.3, -0.25) is 14.5 Å². The first kappa shape index (κ1) is 22.8. The Kier molecular flexibility index (Phi) is 6.11. The molecule has 0 saturated heterocycles. The molecule has 1 aliphatic rings.